The van der Waals surface area contributed by atoms with E-state index in [1.807, 2.05) is 13.8 Å². The van der Waals surface area contributed by atoms with Gasteiger partial charge in [-0.1, -0.05) is 12.0 Å². The summed E-state index contributed by atoms with van der Waals surface area (Å²) >= 11 is 0. The minimum Gasteiger partial charge on any atom is -0.339 e. The third-order valence-electron chi connectivity index (χ3n) is 3.45. The van der Waals surface area contributed by atoms with E-state index >= 15 is 0 Å². The second-order valence-corrected chi connectivity index (χ2v) is 5.26. The zero-order valence-corrected chi connectivity index (χ0v) is 11.7. The van der Waals surface area contributed by atoms with Crippen molar-refractivity contribution < 1.29 is 9.59 Å². The first-order chi connectivity index (χ1) is 9.51. The Hall–Kier alpha value is -2.28. The number of nitrogens with zero attached hydrogens (tertiary/aromatic N) is 1. The number of terminal acetylenes is 1. The summed E-state index contributed by atoms with van der Waals surface area (Å²) in [4.78, 5) is 25.7. The number of amides is 2. The predicted molar refractivity (Wildman–Crippen MR) is 78.0 cm³/mol. The number of nitrogens with one attached hydrogen (secondary N) is 1. The molecule has 20 heavy (non-hydrogen) atoms. The van der Waals surface area contributed by atoms with E-state index in [1.165, 1.54) is 0 Å². The van der Waals surface area contributed by atoms with Gasteiger partial charge in [-0.15, -0.1) is 6.42 Å². The van der Waals surface area contributed by atoms with Crippen LogP contribution < -0.4 is 5.32 Å². The molecule has 1 heterocycles. The monoisotopic (exact) mass is 270 g/mol. The van der Waals surface area contributed by atoms with Gasteiger partial charge >= 0.3 is 0 Å². The Morgan fingerprint density at radius 2 is 2.25 bits per heavy atom. The lowest BCUT2D eigenvalue weighted by Gasteiger charge is -2.20. The highest BCUT2D eigenvalue weighted by atomic mass is 16.2. The lowest BCUT2D eigenvalue weighted by atomic mass is 10.1. The quantitative estimate of drug-likeness (QED) is 0.852. The Kier molecular flexibility index (Phi) is 4.09. The lowest BCUT2D eigenvalue weighted by molar-refractivity contribution is -0.129. The average Bonchev–Trinajstić information content (AvgIpc) is 2.81. The highest BCUT2D eigenvalue weighted by Crippen LogP contribution is 2.22. The molecule has 2 amide bonds. The smallest absolute Gasteiger partial charge is 0.229 e. The first-order valence-corrected chi connectivity index (χ1v) is 6.68. The van der Waals surface area contributed by atoms with Gasteiger partial charge in [0.2, 0.25) is 11.8 Å². The molecule has 1 aliphatic rings. The molecular formula is C16H18N2O2. The van der Waals surface area contributed by atoms with Gasteiger partial charge in [0.1, 0.15) is 0 Å². The summed E-state index contributed by atoms with van der Waals surface area (Å²) in [6.45, 7) is 4.39. The van der Waals surface area contributed by atoms with Crippen LogP contribution in [0, 0.1) is 18.3 Å². The van der Waals surface area contributed by atoms with Crippen LogP contribution in [-0.4, -0.2) is 29.3 Å². The summed E-state index contributed by atoms with van der Waals surface area (Å²) in [7, 11) is 0. The fourth-order valence-electron chi connectivity index (χ4n) is 2.34. The molecule has 0 aromatic heterocycles. The lowest BCUT2D eigenvalue weighted by Crippen LogP contribution is -2.33. The van der Waals surface area contributed by atoms with Crippen LogP contribution in [0.1, 0.15) is 25.8 Å². The molecule has 4 heteroatoms. The zero-order chi connectivity index (χ0) is 14.7. The van der Waals surface area contributed by atoms with Crippen LogP contribution in [0.3, 0.4) is 0 Å². The Morgan fingerprint density at radius 1 is 1.50 bits per heavy atom. The molecule has 1 aromatic rings. The molecule has 0 saturated carbocycles. The maximum Gasteiger partial charge on any atom is 0.229 e. The van der Waals surface area contributed by atoms with Crippen LogP contribution in [0.2, 0.25) is 0 Å². The fraction of sp³-hybridized carbons (Fsp3) is 0.375. The van der Waals surface area contributed by atoms with Crippen molar-refractivity contribution in [1.29, 1.82) is 0 Å². The van der Waals surface area contributed by atoms with Crippen LogP contribution in [0.5, 0.6) is 0 Å². The van der Waals surface area contributed by atoms with Gasteiger partial charge < -0.3 is 10.2 Å². The minimum absolute atomic E-state index is 0.0394. The van der Waals surface area contributed by atoms with Crippen molar-refractivity contribution in [2.24, 2.45) is 5.92 Å². The fourth-order valence-corrected chi connectivity index (χ4v) is 2.34. The first kappa shape index (κ1) is 14.1. The summed E-state index contributed by atoms with van der Waals surface area (Å²) in [6.07, 6.45) is 5.60. The summed E-state index contributed by atoms with van der Waals surface area (Å²) in [5, 5.41) is 2.83. The summed E-state index contributed by atoms with van der Waals surface area (Å²) in [5.74, 6) is 2.14. The molecule has 1 aliphatic heterocycles. The highest BCUT2D eigenvalue weighted by molar-refractivity contribution is 5.97. The number of anilines is 1. The standard InChI is InChI=1S/C16H18N2O2/c1-4-12-6-5-7-14(8-12)17-16(20)13-9-15(19)18(10-13)11(2)3/h1,5-8,11,13H,9-10H2,2-3H3,(H,17,20). The van der Waals surface area contributed by atoms with Crippen molar-refractivity contribution in [2.45, 2.75) is 26.3 Å². The number of benzene rings is 1. The maximum atomic E-state index is 12.2. The normalized spacial score (nSPS) is 18.2. The first-order valence-electron chi connectivity index (χ1n) is 6.68. The van der Waals surface area contributed by atoms with Gasteiger partial charge in [0.05, 0.1) is 5.92 Å². The van der Waals surface area contributed by atoms with Gasteiger partial charge in [0, 0.05) is 30.3 Å². The maximum absolute atomic E-state index is 12.2. The van der Waals surface area contributed by atoms with E-state index in [1.54, 1.807) is 29.2 Å². The highest BCUT2D eigenvalue weighted by Gasteiger charge is 2.35. The van der Waals surface area contributed by atoms with Crippen molar-refractivity contribution >= 4 is 17.5 Å². The number of likely N-dealkylation sites (tertiary alicyclic amines) is 1. The van der Waals surface area contributed by atoms with Crippen LogP contribution >= 0.6 is 0 Å². The molecule has 2 rings (SSSR count). The van der Waals surface area contributed by atoms with E-state index in [9.17, 15) is 9.59 Å². The summed E-state index contributed by atoms with van der Waals surface area (Å²) in [6, 6.07) is 7.26. The topological polar surface area (TPSA) is 49.4 Å². The van der Waals surface area contributed by atoms with E-state index in [-0.39, 0.29) is 30.2 Å². The molecule has 1 N–H and O–H groups in total. The van der Waals surface area contributed by atoms with Crippen molar-refractivity contribution in [3.8, 4) is 12.3 Å². The molecule has 4 nitrogen and oxygen atoms in total. The molecule has 0 bridgehead atoms. The largest absolute Gasteiger partial charge is 0.339 e. The van der Waals surface area contributed by atoms with Crippen molar-refractivity contribution in [3.63, 3.8) is 0 Å². The van der Waals surface area contributed by atoms with Gasteiger partial charge in [-0.05, 0) is 32.0 Å². The number of carbonyl (C=O) groups is 2. The molecule has 1 aromatic carbocycles. The third-order valence-corrected chi connectivity index (χ3v) is 3.45. The van der Waals surface area contributed by atoms with Crippen LogP contribution in [0.4, 0.5) is 5.69 Å². The summed E-state index contributed by atoms with van der Waals surface area (Å²) in [5.41, 5.74) is 1.38. The van der Waals surface area contributed by atoms with Gasteiger partial charge in [0.15, 0.2) is 0 Å². The molecule has 1 fully saturated rings. The second kappa shape index (κ2) is 5.79. The Bertz CT molecular complexity index is 572. The number of rotatable bonds is 3. The van der Waals surface area contributed by atoms with E-state index in [4.69, 9.17) is 6.42 Å². The van der Waals surface area contributed by atoms with Gasteiger partial charge in [-0.3, -0.25) is 9.59 Å². The molecule has 104 valence electrons. The second-order valence-electron chi connectivity index (χ2n) is 5.26. The third kappa shape index (κ3) is 3.00. The van der Waals surface area contributed by atoms with Crippen LogP contribution in [-0.2, 0) is 9.59 Å². The van der Waals surface area contributed by atoms with Crippen LogP contribution in [0.25, 0.3) is 0 Å². The van der Waals surface area contributed by atoms with Gasteiger partial charge in [-0.25, -0.2) is 0 Å². The molecule has 1 unspecified atom stereocenters. The number of carbonyl (C=O) groups excluding carboxylic acids is 2. The predicted octanol–water partition coefficient (Wildman–Crippen LogP) is 1.86. The molecule has 0 radical (unpaired) electrons. The molecule has 0 spiro atoms. The van der Waals surface area contributed by atoms with E-state index in [0.717, 1.165) is 0 Å². The van der Waals surface area contributed by atoms with Crippen molar-refractivity contribution in [2.75, 3.05) is 11.9 Å². The number of hydrogen-bond acceptors (Lipinski definition) is 2. The van der Waals surface area contributed by atoms with Gasteiger partial charge in [-0.2, -0.15) is 0 Å². The van der Waals surface area contributed by atoms with E-state index in [0.29, 0.717) is 17.8 Å². The summed E-state index contributed by atoms with van der Waals surface area (Å²) < 4.78 is 0. The SMILES string of the molecule is C#Cc1cccc(NC(=O)C2CC(=O)N(C(C)C)C2)c1. The molecule has 1 atom stereocenters. The van der Waals surface area contributed by atoms with E-state index in [2.05, 4.69) is 11.2 Å². The Labute approximate surface area is 119 Å². The number of hydrogen-bond donors (Lipinski definition) is 1. The Balaban J connectivity index is 2.03. The van der Waals surface area contributed by atoms with Crippen LogP contribution in [0.15, 0.2) is 24.3 Å². The van der Waals surface area contributed by atoms with Crippen molar-refractivity contribution in [1.82, 2.24) is 4.90 Å². The minimum atomic E-state index is -0.292. The zero-order valence-electron chi connectivity index (χ0n) is 11.7. The molecule has 1 saturated heterocycles. The van der Waals surface area contributed by atoms with Crippen molar-refractivity contribution in [3.05, 3.63) is 29.8 Å². The van der Waals surface area contributed by atoms with E-state index < -0.39 is 0 Å². The Morgan fingerprint density at radius 3 is 2.85 bits per heavy atom. The average molecular weight is 270 g/mol. The van der Waals surface area contributed by atoms with Gasteiger partial charge in [0.25, 0.3) is 0 Å². The molecular weight excluding hydrogens is 252 g/mol. The molecule has 0 aliphatic carbocycles.